The van der Waals surface area contributed by atoms with E-state index in [4.69, 9.17) is 4.74 Å². The van der Waals surface area contributed by atoms with Gasteiger partial charge in [0.1, 0.15) is 17.8 Å². The summed E-state index contributed by atoms with van der Waals surface area (Å²) < 4.78 is 70.5. The maximum atomic E-state index is 13.4. The van der Waals surface area contributed by atoms with E-state index in [-0.39, 0.29) is 23.6 Å². The molecule has 1 N–H and O–H groups in total. The van der Waals surface area contributed by atoms with E-state index in [1.54, 1.807) is 6.20 Å². The Hall–Kier alpha value is -2.89. The molecule has 0 bridgehead atoms. The molecule has 0 amide bonds. The zero-order chi connectivity index (χ0) is 22.4. The van der Waals surface area contributed by atoms with E-state index >= 15 is 0 Å². The van der Waals surface area contributed by atoms with Crippen molar-refractivity contribution >= 4 is 26.7 Å². The Balaban J connectivity index is 1.49. The second-order valence-electron chi connectivity index (χ2n) is 7.54. The highest BCUT2D eigenvalue weighted by Gasteiger charge is 2.41. The normalized spacial score (nSPS) is 19.3. The number of nitrogens with one attached hydrogen (secondary N) is 1. The Kier molecular flexibility index (Phi) is 5.28. The smallest absolute Gasteiger partial charge is 0.417 e. The summed E-state index contributed by atoms with van der Waals surface area (Å²) in [6.07, 6.45) is 0.139. The van der Waals surface area contributed by atoms with Crippen LogP contribution in [0.15, 0.2) is 35.7 Å². The van der Waals surface area contributed by atoms with Crippen LogP contribution in [0, 0.1) is 5.92 Å². The van der Waals surface area contributed by atoms with Crippen LogP contribution in [0.1, 0.15) is 18.4 Å². The number of nitrogens with zero attached hydrogens (tertiary/aromatic N) is 4. The highest BCUT2D eigenvalue weighted by atomic mass is 32.2. The molecule has 0 radical (unpaired) electrons. The van der Waals surface area contributed by atoms with Crippen molar-refractivity contribution in [2.45, 2.75) is 30.0 Å². The predicted octanol–water partition coefficient (Wildman–Crippen LogP) is 3.07. The van der Waals surface area contributed by atoms with Crippen molar-refractivity contribution in [1.82, 2.24) is 19.9 Å². The zero-order valence-electron chi connectivity index (χ0n) is 16.7. The molecule has 1 aliphatic rings. The molecule has 1 saturated carbocycles. The highest BCUT2D eigenvalue weighted by Crippen LogP contribution is 2.40. The van der Waals surface area contributed by atoms with Crippen molar-refractivity contribution in [1.29, 1.82) is 0 Å². The van der Waals surface area contributed by atoms with E-state index < -0.39 is 26.5 Å². The van der Waals surface area contributed by atoms with Crippen molar-refractivity contribution in [3.63, 3.8) is 0 Å². The average Bonchev–Trinajstić information content (AvgIpc) is 3.17. The summed E-state index contributed by atoms with van der Waals surface area (Å²) in [7, 11) is -1.16. The lowest BCUT2D eigenvalue weighted by Crippen LogP contribution is -2.45. The molecule has 0 unspecified atom stereocenters. The minimum Gasteiger partial charge on any atom is -0.481 e. The molecular weight excluding hydrogens is 435 g/mol. The summed E-state index contributed by atoms with van der Waals surface area (Å²) in [5, 5.41) is 0.847. The quantitative estimate of drug-likeness (QED) is 0.610. The number of halogens is 3. The third-order valence-electron chi connectivity index (χ3n) is 5.57. The number of aromatic nitrogens is 4. The number of rotatable bonds is 6. The van der Waals surface area contributed by atoms with Crippen LogP contribution in [0.2, 0.25) is 0 Å². The van der Waals surface area contributed by atoms with Crippen LogP contribution in [0.5, 0.6) is 5.88 Å². The SMILES string of the molecule is COc1cc(C(F)(F)F)c(S(=O)(=O)CC2CC(N(C)c3ncnc4[nH]ccc34)C2)cn1. The fourth-order valence-corrected chi connectivity index (χ4v) is 5.67. The van der Waals surface area contributed by atoms with Gasteiger partial charge in [0.2, 0.25) is 5.88 Å². The number of anilines is 1. The van der Waals surface area contributed by atoms with Gasteiger partial charge < -0.3 is 14.6 Å². The summed E-state index contributed by atoms with van der Waals surface area (Å²) in [5.41, 5.74) is -0.565. The Labute approximate surface area is 176 Å². The van der Waals surface area contributed by atoms with Crippen LogP contribution >= 0.6 is 0 Å². The van der Waals surface area contributed by atoms with Crippen molar-refractivity contribution in [3.8, 4) is 5.88 Å². The molecule has 0 saturated heterocycles. The van der Waals surface area contributed by atoms with Crippen LogP contribution < -0.4 is 9.64 Å². The molecule has 8 nitrogen and oxygen atoms in total. The molecule has 0 aliphatic heterocycles. The number of aromatic amines is 1. The third kappa shape index (κ3) is 4.03. The van der Waals surface area contributed by atoms with Crippen molar-refractivity contribution in [2.24, 2.45) is 5.92 Å². The monoisotopic (exact) mass is 455 g/mol. The first-order valence-corrected chi connectivity index (χ1v) is 11.1. The summed E-state index contributed by atoms with van der Waals surface area (Å²) in [4.78, 5) is 16.3. The first kappa shape index (κ1) is 21.3. The van der Waals surface area contributed by atoms with Crippen molar-refractivity contribution < 1.29 is 26.3 Å². The van der Waals surface area contributed by atoms with Gasteiger partial charge in [0, 0.05) is 25.4 Å². The molecule has 31 heavy (non-hydrogen) atoms. The number of alkyl halides is 3. The summed E-state index contributed by atoms with van der Waals surface area (Å²) >= 11 is 0. The largest absolute Gasteiger partial charge is 0.481 e. The Morgan fingerprint density at radius 3 is 2.68 bits per heavy atom. The molecule has 12 heteroatoms. The van der Waals surface area contributed by atoms with Crippen molar-refractivity contribution in [2.75, 3.05) is 24.8 Å². The average molecular weight is 455 g/mol. The lowest BCUT2D eigenvalue weighted by molar-refractivity contribution is -0.140. The number of pyridine rings is 1. The van der Waals surface area contributed by atoms with Gasteiger partial charge in [-0.05, 0) is 24.8 Å². The minimum absolute atomic E-state index is 0.0317. The van der Waals surface area contributed by atoms with E-state index in [1.165, 1.54) is 13.4 Å². The molecule has 166 valence electrons. The lowest BCUT2D eigenvalue weighted by atomic mass is 9.81. The van der Waals surface area contributed by atoms with E-state index in [1.807, 2.05) is 18.0 Å². The number of hydrogen-bond donors (Lipinski definition) is 1. The fourth-order valence-electron chi connectivity index (χ4n) is 3.87. The number of methoxy groups -OCH3 is 1. The molecular formula is C19H20F3N5O3S. The molecule has 0 spiro atoms. The van der Waals surface area contributed by atoms with Gasteiger partial charge >= 0.3 is 6.18 Å². The third-order valence-corrected chi connectivity index (χ3v) is 7.48. The Morgan fingerprint density at radius 2 is 2.00 bits per heavy atom. The maximum absolute atomic E-state index is 13.4. The zero-order valence-corrected chi connectivity index (χ0v) is 17.5. The van der Waals surface area contributed by atoms with E-state index in [0.717, 1.165) is 17.4 Å². The minimum atomic E-state index is -4.84. The number of H-pyrrole nitrogens is 1. The standard InChI is InChI=1S/C19H20F3N5O3S/c1-27(18-13-3-4-23-17(13)25-10-26-18)12-5-11(6-12)9-31(28,29)15-8-24-16(30-2)7-14(15)19(20,21)22/h3-4,7-8,10-12H,5-6,9H2,1-2H3,(H,23,25,26). The van der Waals surface area contributed by atoms with Gasteiger partial charge in [0.25, 0.3) is 0 Å². The molecule has 3 aromatic heterocycles. The first-order chi connectivity index (χ1) is 14.6. The Morgan fingerprint density at radius 1 is 1.26 bits per heavy atom. The molecule has 3 aromatic rings. The Bertz CT molecular complexity index is 1210. The highest BCUT2D eigenvalue weighted by molar-refractivity contribution is 7.91. The molecule has 0 atom stereocenters. The lowest BCUT2D eigenvalue weighted by Gasteiger charge is -2.41. The van der Waals surface area contributed by atoms with Gasteiger partial charge in [-0.3, -0.25) is 0 Å². The van der Waals surface area contributed by atoms with Crippen LogP contribution in [0.3, 0.4) is 0 Å². The fraction of sp³-hybridized carbons (Fsp3) is 0.421. The van der Waals surface area contributed by atoms with Crippen LogP contribution in [0.25, 0.3) is 11.0 Å². The van der Waals surface area contributed by atoms with Gasteiger partial charge in [-0.2, -0.15) is 13.2 Å². The summed E-state index contributed by atoms with van der Waals surface area (Å²) in [6, 6.07) is 2.50. The number of sulfone groups is 1. The number of hydrogen-bond acceptors (Lipinski definition) is 7. The van der Waals surface area contributed by atoms with E-state index in [2.05, 4.69) is 19.9 Å². The van der Waals surface area contributed by atoms with Gasteiger partial charge in [-0.25, -0.2) is 23.4 Å². The number of fused-ring (bicyclic) bond motifs is 1. The van der Waals surface area contributed by atoms with Crippen LogP contribution in [0.4, 0.5) is 19.0 Å². The molecule has 1 aliphatic carbocycles. The van der Waals surface area contributed by atoms with Gasteiger partial charge in [0.15, 0.2) is 9.84 Å². The predicted molar refractivity (Wildman–Crippen MR) is 107 cm³/mol. The number of ether oxygens (including phenoxy) is 1. The van der Waals surface area contributed by atoms with Crippen LogP contribution in [-0.2, 0) is 16.0 Å². The second-order valence-corrected chi connectivity index (χ2v) is 9.54. The van der Waals surface area contributed by atoms with Gasteiger partial charge in [0.05, 0.1) is 34.9 Å². The van der Waals surface area contributed by atoms with Crippen LogP contribution in [-0.4, -0.2) is 54.3 Å². The van der Waals surface area contributed by atoms with Gasteiger partial charge in [-0.1, -0.05) is 0 Å². The van der Waals surface area contributed by atoms with E-state index in [0.29, 0.717) is 24.6 Å². The topological polar surface area (TPSA) is 101 Å². The summed E-state index contributed by atoms with van der Waals surface area (Å²) in [6.45, 7) is 0. The molecule has 1 fully saturated rings. The molecule has 4 rings (SSSR count). The summed E-state index contributed by atoms with van der Waals surface area (Å²) in [5.74, 6) is -0.212. The first-order valence-electron chi connectivity index (χ1n) is 9.45. The second kappa shape index (κ2) is 7.66. The van der Waals surface area contributed by atoms with E-state index in [9.17, 15) is 21.6 Å². The molecule has 3 heterocycles. The maximum Gasteiger partial charge on any atom is 0.417 e. The van der Waals surface area contributed by atoms with Crippen molar-refractivity contribution in [3.05, 3.63) is 36.4 Å². The van der Waals surface area contributed by atoms with Gasteiger partial charge in [-0.15, -0.1) is 0 Å². The molecule has 0 aromatic carbocycles.